The molecule has 1 aliphatic heterocycles. The van der Waals surface area contributed by atoms with Crippen LogP contribution < -0.4 is 15.0 Å². The Morgan fingerprint density at radius 1 is 1.07 bits per heavy atom. The van der Waals surface area contributed by atoms with Crippen LogP contribution in [0.2, 0.25) is 0 Å². The number of para-hydroxylation sites is 1. The van der Waals surface area contributed by atoms with E-state index < -0.39 is 0 Å². The molecule has 6 nitrogen and oxygen atoms in total. The van der Waals surface area contributed by atoms with E-state index in [9.17, 15) is 9.59 Å². The van der Waals surface area contributed by atoms with Crippen LogP contribution in [0.15, 0.2) is 71.3 Å². The molecule has 0 atom stereocenters. The van der Waals surface area contributed by atoms with Gasteiger partial charge in [-0.15, -0.1) is 0 Å². The number of hydrogen-bond donors (Lipinski definition) is 1. The molecule has 2 heterocycles. The summed E-state index contributed by atoms with van der Waals surface area (Å²) in [5, 5.41) is 2.85. The van der Waals surface area contributed by atoms with Crippen LogP contribution in [-0.2, 0) is 11.2 Å². The zero-order chi connectivity index (χ0) is 19.3. The fourth-order valence-corrected chi connectivity index (χ4v) is 3.28. The van der Waals surface area contributed by atoms with E-state index in [1.165, 1.54) is 6.26 Å². The Hall–Kier alpha value is -3.54. The van der Waals surface area contributed by atoms with Gasteiger partial charge in [0.1, 0.15) is 5.75 Å². The molecule has 0 fully saturated rings. The summed E-state index contributed by atoms with van der Waals surface area (Å²) in [5.41, 5.74) is 2.56. The van der Waals surface area contributed by atoms with E-state index in [1.54, 1.807) is 35.2 Å². The van der Waals surface area contributed by atoms with Gasteiger partial charge >= 0.3 is 0 Å². The highest BCUT2D eigenvalue weighted by Gasteiger charge is 2.25. The number of anilines is 2. The Morgan fingerprint density at radius 2 is 1.93 bits per heavy atom. The number of aryl methyl sites for hydroxylation is 1. The number of nitrogens with zero attached hydrogens (tertiary/aromatic N) is 1. The number of furan rings is 1. The molecule has 2 amide bonds. The molecular formula is C22H20N2O4. The fourth-order valence-electron chi connectivity index (χ4n) is 3.28. The topological polar surface area (TPSA) is 71.8 Å². The first-order valence-electron chi connectivity index (χ1n) is 9.17. The number of amides is 2. The van der Waals surface area contributed by atoms with Crippen molar-refractivity contribution >= 4 is 23.2 Å². The van der Waals surface area contributed by atoms with Gasteiger partial charge in [-0.1, -0.05) is 18.2 Å². The first-order chi connectivity index (χ1) is 13.7. The normalized spacial score (nSPS) is 12.9. The minimum atomic E-state index is -0.233. The highest BCUT2D eigenvalue weighted by molar-refractivity contribution is 6.05. The summed E-state index contributed by atoms with van der Waals surface area (Å²) in [7, 11) is 0. The molecule has 2 aromatic carbocycles. The Bertz CT molecular complexity index is 967. The van der Waals surface area contributed by atoms with Gasteiger partial charge < -0.3 is 19.4 Å². The lowest BCUT2D eigenvalue weighted by Crippen LogP contribution is -2.35. The summed E-state index contributed by atoms with van der Waals surface area (Å²) in [6.45, 7) is 0.577. The van der Waals surface area contributed by atoms with Crippen LogP contribution in [0.4, 0.5) is 11.4 Å². The highest BCUT2D eigenvalue weighted by atomic mass is 16.5. The number of carbonyl (C=O) groups is 2. The van der Waals surface area contributed by atoms with E-state index in [0.717, 1.165) is 24.1 Å². The van der Waals surface area contributed by atoms with Crippen molar-refractivity contribution in [1.82, 2.24) is 0 Å². The summed E-state index contributed by atoms with van der Waals surface area (Å²) in [4.78, 5) is 26.5. The van der Waals surface area contributed by atoms with Gasteiger partial charge in [-0.25, -0.2) is 0 Å². The van der Waals surface area contributed by atoms with Crippen LogP contribution in [0.1, 0.15) is 22.5 Å². The van der Waals surface area contributed by atoms with Crippen LogP contribution in [-0.4, -0.2) is 25.0 Å². The van der Waals surface area contributed by atoms with E-state index in [4.69, 9.17) is 9.15 Å². The number of benzene rings is 2. The second kappa shape index (κ2) is 8.00. The maximum absolute atomic E-state index is 12.7. The Labute approximate surface area is 162 Å². The van der Waals surface area contributed by atoms with Gasteiger partial charge in [0.2, 0.25) is 0 Å². The molecule has 4 rings (SSSR count). The van der Waals surface area contributed by atoms with Crippen molar-refractivity contribution in [2.45, 2.75) is 12.8 Å². The molecule has 0 spiro atoms. The molecule has 1 N–H and O–H groups in total. The summed E-state index contributed by atoms with van der Waals surface area (Å²) in [6, 6.07) is 18.1. The van der Waals surface area contributed by atoms with Gasteiger partial charge in [-0.2, -0.15) is 0 Å². The second-order valence-corrected chi connectivity index (χ2v) is 6.53. The smallest absolute Gasteiger partial charge is 0.293 e. The number of nitrogens with one attached hydrogen (secondary N) is 1. The Balaban J connectivity index is 1.43. The van der Waals surface area contributed by atoms with Crippen molar-refractivity contribution in [2.24, 2.45) is 0 Å². The standard InChI is InChI=1S/C22H20N2O4/c25-21(15-28-18-7-2-1-3-8-18)23-17-10-11-19-16(14-17)6-4-12-24(19)22(26)20-9-5-13-27-20/h1-3,5,7-11,13-14H,4,6,12,15H2,(H,23,25). The highest BCUT2D eigenvalue weighted by Crippen LogP contribution is 2.31. The Morgan fingerprint density at radius 3 is 2.71 bits per heavy atom. The predicted octanol–water partition coefficient (Wildman–Crippen LogP) is 3.89. The van der Waals surface area contributed by atoms with Crippen LogP contribution in [0, 0.1) is 0 Å². The third kappa shape index (κ3) is 3.91. The summed E-state index contributed by atoms with van der Waals surface area (Å²) in [5.74, 6) is 0.584. The second-order valence-electron chi connectivity index (χ2n) is 6.53. The molecule has 28 heavy (non-hydrogen) atoms. The lowest BCUT2D eigenvalue weighted by atomic mass is 10.0. The molecule has 1 aliphatic rings. The number of hydrogen-bond acceptors (Lipinski definition) is 4. The fraction of sp³-hybridized carbons (Fsp3) is 0.182. The van der Waals surface area contributed by atoms with Crippen LogP contribution >= 0.6 is 0 Å². The molecule has 0 unspecified atom stereocenters. The first-order valence-corrected chi connectivity index (χ1v) is 9.17. The van der Waals surface area contributed by atoms with Crippen LogP contribution in [0.25, 0.3) is 0 Å². The maximum atomic E-state index is 12.7. The molecule has 0 aliphatic carbocycles. The summed E-state index contributed by atoms with van der Waals surface area (Å²) < 4.78 is 10.7. The quantitative estimate of drug-likeness (QED) is 0.733. The van der Waals surface area contributed by atoms with Crippen molar-refractivity contribution in [3.8, 4) is 5.75 Å². The zero-order valence-electron chi connectivity index (χ0n) is 15.3. The van der Waals surface area contributed by atoms with Gasteiger partial charge in [0, 0.05) is 17.9 Å². The largest absolute Gasteiger partial charge is 0.484 e. The molecule has 0 radical (unpaired) electrons. The minimum Gasteiger partial charge on any atom is -0.484 e. The number of carbonyl (C=O) groups excluding carboxylic acids is 2. The SMILES string of the molecule is O=C(COc1ccccc1)Nc1ccc2c(c1)CCCN2C(=O)c1ccco1. The average molecular weight is 376 g/mol. The van der Waals surface area contributed by atoms with Gasteiger partial charge in [-0.3, -0.25) is 9.59 Å². The number of fused-ring (bicyclic) bond motifs is 1. The summed E-state index contributed by atoms with van der Waals surface area (Å²) >= 11 is 0. The van der Waals surface area contributed by atoms with Gasteiger partial charge in [0.05, 0.1) is 6.26 Å². The number of ether oxygens (including phenoxy) is 1. The van der Waals surface area contributed by atoms with E-state index >= 15 is 0 Å². The molecule has 3 aromatic rings. The van der Waals surface area contributed by atoms with Crippen molar-refractivity contribution in [3.05, 3.63) is 78.3 Å². The van der Waals surface area contributed by atoms with Crippen molar-refractivity contribution < 1.29 is 18.7 Å². The third-order valence-electron chi connectivity index (χ3n) is 4.57. The van der Waals surface area contributed by atoms with Crippen LogP contribution in [0.3, 0.4) is 0 Å². The van der Waals surface area contributed by atoms with E-state index in [2.05, 4.69) is 5.32 Å². The zero-order valence-corrected chi connectivity index (χ0v) is 15.3. The van der Waals surface area contributed by atoms with E-state index in [0.29, 0.717) is 23.7 Å². The van der Waals surface area contributed by atoms with Crippen molar-refractivity contribution in [1.29, 1.82) is 0 Å². The maximum Gasteiger partial charge on any atom is 0.293 e. The molecule has 0 bridgehead atoms. The van der Waals surface area contributed by atoms with Gasteiger partial charge in [0.15, 0.2) is 12.4 Å². The van der Waals surface area contributed by atoms with Gasteiger partial charge in [-0.05, 0) is 60.9 Å². The predicted molar refractivity (Wildman–Crippen MR) is 106 cm³/mol. The molecule has 6 heteroatoms. The first kappa shape index (κ1) is 17.9. The average Bonchev–Trinajstić information content (AvgIpc) is 3.27. The molecule has 0 saturated heterocycles. The lowest BCUT2D eigenvalue weighted by molar-refractivity contribution is -0.118. The minimum absolute atomic E-state index is 0.0653. The van der Waals surface area contributed by atoms with Crippen LogP contribution in [0.5, 0.6) is 5.75 Å². The lowest BCUT2D eigenvalue weighted by Gasteiger charge is -2.29. The number of rotatable bonds is 5. The summed E-state index contributed by atoms with van der Waals surface area (Å²) in [6.07, 6.45) is 3.20. The molecule has 142 valence electrons. The third-order valence-corrected chi connectivity index (χ3v) is 4.57. The van der Waals surface area contributed by atoms with Crippen molar-refractivity contribution in [3.63, 3.8) is 0 Å². The monoisotopic (exact) mass is 376 g/mol. The molecule has 1 aromatic heterocycles. The van der Waals surface area contributed by atoms with E-state index in [1.807, 2.05) is 30.3 Å². The van der Waals surface area contributed by atoms with E-state index in [-0.39, 0.29) is 18.4 Å². The Kier molecular flexibility index (Phi) is 5.10. The van der Waals surface area contributed by atoms with Gasteiger partial charge in [0.25, 0.3) is 11.8 Å². The molecule has 0 saturated carbocycles. The molecular weight excluding hydrogens is 356 g/mol. The van der Waals surface area contributed by atoms with Crippen molar-refractivity contribution in [2.75, 3.05) is 23.4 Å².